The molecule has 19 heavy (non-hydrogen) atoms. The van der Waals surface area contributed by atoms with Crippen molar-refractivity contribution in [1.82, 2.24) is 4.98 Å². The summed E-state index contributed by atoms with van der Waals surface area (Å²) in [6, 6.07) is 0.912. The van der Waals surface area contributed by atoms with E-state index >= 15 is 0 Å². The Bertz CT molecular complexity index is 410. The molecule has 0 radical (unpaired) electrons. The van der Waals surface area contributed by atoms with Gasteiger partial charge in [0.25, 0.3) is 0 Å². The number of pyridine rings is 1. The number of aromatic nitrogens is 1. The highest BCUT2D eigenvalue weighted by molar-refractivity contribution is 6.33. The van der Waals surface area contributed by atoms with Crippen LogP contribution in [0.1, 0.15) is 25.3 Å². The smallest absolute Gasteiger partial charge is 0.355 e. The average molecular weight is 296 g/mol. The van der Waals surface area contributed by atoms with E-state index in [-0.39, 0.29) is 5.02 Å². The first-order valence-corrected chi connectivity index (χ1v) is 6.45. The summed E-state index contributed by atoms with van der Waals surface area (Å²) in [5.41, 5.74) is 4.60. The lowest BCUT2D eigenvalue weighted by atomic mass is 10.2. The second-order valence-electron chi connectivity index (χ2n) is 4.16. The van der Waals surface area contributed by atoms with Gasteiger partial charge in [-0.15, -0.1) is 0 Å². The van der Waals surface area contributed by atoms with Crippen LogP contribution in [0.25, 0.3) is 0 Å². The van der Waals surface area contributed by atoms with Crippen molar-refractivity contribution in [3.8, 4) is 0 Å². The van der Waals surface area contributed by atoms with Crippen molar-refractivity contribution in [2.24, 2.45) is 5.73 Å². The number of nitrogens with two attached hydrogens (primary N) is 1. The summed E-state index contributed by atoms with van der Waals surface area (Å²) in [5, 5.41) is 0.0142. The fraction of sp³-hybridized carbons (Fsp3) is 0.583. The number of alkyl halides is 3. The lowest BCUT2D eigenvalue weighted by molar-refractivity contribution is -0.137. The standard InChI is InChI=1S/C12H17ClF3N3/c1-2-5-19(6-3-4-17)11-10(13)7-9(8-18-11)12(14,15)16/h7-8H,2-6,17H2,1H3. The van der Waals surface area contributed by atoms with E-state index in [0.717, 1.165) is 25.1 Å². The third-order valence-corrected chi connectivity index (χ3v) is 2.85. The molecule has 0 saturated heterocycles. The van der Waals surface area contributed by atoms with Crippen molar-refractivity contribution in [3.05, 3.63) is 22.8 Å². The van der Waals surface area contributed by atoms with E-state index in [4.69, 9.17) is 17.3 Å². The quantitative estimate of drug-likeness (QED) is 0.875. The largest absolute Gasteiger partial charge is 0.417 e. The molecule has 0 aliphatic rings. The van der Waals surface area contributed by atoms with Gasteiger partial charge in [-0.3, -0.25) is 0 Å². The molecule has 0 aliphatic carbocycles. The summed E-state index contributed by atoms with van der Waals surface area (Å²) in [4.78, 5) is 5.71. The SMILES string of the molecule is CCCN(CCCN)c1ncc(C(F)(F)F)cc1Cl. The van der Waals surface area contributed by atoms with E-state index in [0.29, 0.717) is 25.5 Å². The van der Waals surface area contributed by atoms with Crippen molar-refractivity contribution in [1.29, 1.82) is 0 Å². The van der Waals surface area contributed by atoms with Crippen LogP contribution in [0, 0.1) is 0 Å². The minimum absolute atomic E-state index is 0.0142. The second-order valence-corrected chi connectivity index (χ2v) is 4.56. The first kappa shape index (κ1) is 16.0. The van der Waals surface area contributed by atoms with Crippen LogP contribution in [0.3, 0.4) is 0 Å². The van der Waals surface area contributed by atoms with Crippen molar-refractivity contribution in [2.75, 3.05) is 24.5 Å². The van der Waals surface area contributed by atoms with Crippen LogP contribution in [0.4, 0.5) is 19.0 Å². The molecule has 0 unspecified atom stereocenters. The highest BCUT2D eigenvalue weighted by atomic mass is 35.5. The third kappa shape index (κ3) is 4.54. The van der Waals surface area contributed by atoms with Gasteiger partial charge in [-0.25, -0.2) is 4.98 Å². The molecule has 0 fully saturated rings. The number of hydrogen-bond acceptors (Lipinski definition) is 3. The molecule has 108 valence electrons. The number of halogens is 4. The number of nitrogens with zero attached hydrogens (tertiary/aromatic N) is 2. The molecular weight excluding hydrogens is 279 g/mol. The maximum atomic E-state index is 12.5. The summed E-state index contributed by atoms with van der Waals surface area (Å²) in [7, 11) is 0. The van der Waals surface area contributed by atoms with Crippen LogP contribution in [-0.2, 0) is 6.18 Å². The van der Waals surface area contributed by atoms with Gasteiger partial charge in [0.2, 0.25) is 0 Å². The summed E-state index contributed by atoms with van der Waals surface area (Å²) in [6.07, 6.45) is -2.03. The van der Waals surface area contributed by atoms with E-state index < -0.39 is 11.7 Å². The van der Waals surface area contributed by atoms with Crippen molar-refractivity contribution >= 4 is 17.4 Å². The number of rotatable bonds is 6. The zero-order valence-corrected chi connectivity index (χ0v) is 11.4. The van der Waals surface area contributed by atoms with E-state index in [9.17, 15) is 13.2 Å². The predicted molar refractivity (Wildman–Crippen MR) is 70.4 cm³/mol. The zero-order valence-electron chi connectivity index (χ0n) is 10.7. The molecule has 0 atom stereocenters. The van der Waals surface area contributed by atoms with Crippen LogP contribution in [-0.4, -0.2) is 24.6 Å². The fourth-order valence-corrected chi connectivity index (χ4v) is 1.98. The van der Waals surface area contributed by atoms with Gasteiger partial charge >= 0.3 is 6.18 Å². The Labute approximate surface area is 115 Å². The van der Waals surface area contributed by atoms with Crippen LogP contribution in [0.2, 0.25) is 5.02 Å². The van der Waals surface area contributed by atoms with Gasteiger partial charge in [0, 0.05) is 19.3 Å². The monoisotopic (exact) mass is 295 g/mol. The Balaban J connectivity index is 2.97. The summed E-state index contributed by atoms with van der Waals surface area (Å²) < 4.78 is 37.6. The maximum absolute atomic E-state index is 12.5. The highest BCUT2D eigenvalue weighted by Gasteiger charge is 2.32. The Hall–Kier alpha value is -1.01. The van der Waals surface area contributed by atoms with E-state index in [1.165, 1.54) is 0 Å². The average Bonchev–Trinajstić information content (AvgIpc) is 2.33. The van der Waals surface area contributed by atoms with Crippen LogP contribution < -0.4 is 10.6 Å². The Morgan fingerprint density at radius 2 is 2.05 bits per heavy atom. The van der Waals surface area contributed by atoms with Gasteiger partial charge in [0.05, 0.1) is 10.6 Å². The first-order chi connectivity index (χ1) is 8.90. The molecule has 0 aliphatic heterocycles. The Kier molecular flexibility index (Phi) is 5.87. The molecule has 0 spiro atoms. The minimum Gasteiger partial charge on any atom is -0.355 e. The molecule has 0 saturated carbocycles. The van der Waals surface area contributed by atoms with Crippen molar-refractivity contribution < 1.29 is 13.2 Å². The molecule has 1 aromatic rings. The van der Waals surface area contributed by atoms with E-state index in [1.54, 1.807) is 0 Å². The van der Waals surface area contributed by atoms with Gasteiger partial charge in [-0.05, 0) is 25.5 Å². The molecule has 1 rings (SSSR count). The Morgan fingerprint density at radius 1 is 1.37 bits per heavy atom. The zero-order chi connectivity index (χ0) is 14.5. The normalized spacial score (nSPS) is 11.7. The highest BCUT2D eigenvalue weighted by Crippen LogP contribution is 2.33. The summed E-state index contributed by atoms with van der Waals surface area (Å²) in [6.45, 7) is 3.80. The molecule has 1 aromatic heterocycles. The maximum Gasteiger partial charge on any atom is 0.417 e. The molecule has 0 bridgehead atoms. The molecular formula is C12H17ClF3N3. The third-order valence-electron chi connectivity index (χ3n) is 2.57. The molecule has 2 N–H and O–H groups in total. The van der Waals surface area contributed by atoms with Gasteiger partial charge in [-0.1, -0.05) is 18.5 Å². The topological polar surface area (TPSA) is 42.1 Å². The fourth-order valence-electron chi connectivity index (χ4n) is 1.69. The summed E-state index contributed by atoms with van der Waals surface area (Å²) in [5.74, 6) is 0.380. The minimum atomic E-state index is -4.43. The van der Waals surface area contributed by atoms with Crippen LogP contribution in [0.5, 0.6) is 0 Å². The molecule has 0 amide bonds. The number of anilines is 1. The lowest BCUT2D eigenvalue weighted by Crippen LogP contribution is -2.28. The second kappa shape index (κ2) is 6.96. The molecule has 7 heteroatoms. The molecule has 0 aromatic carbocycles. The van der Waals surface area contributed by atoms with Gasteiger partial charge < -0.3 is 10.6 Å². The van der Waals surface area contributed by atoms with Crippen molar-refractivity contribution in [3.63, 3.8) is 0 Å². The van der Waals surface area contributed by atoms with Gasteiger partial charge in [0.15, 0.2) is 0 Å². The Morgan fingerprint density at radius 3 is 2.53 bits per heavy atom. The van der Waals surface area contributed by atoms with E-state index in [1.807, 2.05) is 11.8 Å². The molecule has 3 nitrogen and oxygen atoms in total. The van der Waals surface area contributed by atoms with E-state index in [2.05, 4.69) is 4.98 Å². The predicted octanol–water partition coefficient (Wildman–Crippen LogP) is 3.32. The van der Waals surface area contributed by atoms with Crippen molar-refractivity contribution in [2.45, 2.75) is 25.9 Å². The summed E-state index contributed by atoms with van der Waals surface area (Å²) >= 11 is 5.91. The number of hydrogen-bond donors (Lipinski definition) is 1. The first-order valence-electron chi connectivity index (χ1n) is 6.08. The lowest BCUT2D eigenvalue weighted by Gasteiger charge is -2.24. The molecule has 1 heterocycles. The van der Waals surface area contributed by atoms with Crippen LogP contribution in [0.15, 0.2) is 12.3 Å². The van der Waals surface area contributed by atoms with Gasteiger partial charge in [-0.2, -0.15) is 13.2 Å². The van der Waals surface area contributed by atoms with Crippen LogP contribution >= 0.6 is 11.6 Å². The van der Waals surface area contributed by atoms with Gasteiger partial charge in [0.1, 0.15) is 5.82 Å².